The Kier molecular flexibility index (Phi) is 2.03. The second-order valence-corrected chi connectivity index (χ2v) is 4.27. The van der Waals surface area contributed by atoms with Gasteiger partial charge in [0.2, 0.25) is 0 Å². The Morgan fingerprint density at radius 3 is 2.64 bits per heavy atom. The van der Waals surface area contributed by atoms with Gasteiger partial charge in [-0.1, -0.05) is 6.07 Å². The highest BCUT2D eigenvalue weighted by atomic mass is 32.1. The van der Waals surface area contributed by atoms with E-state index in [0.717, 1.165) is 0 Å². The van der Waals surface area contributed by atoms with Crippen LogP contribution < -0.4 is 5.32 Å². The predicted molar refractivity (Wildman–Crippen MR) is 51.4 cm³/mol. The number of hydrogen-bond donors (Lipinski definition) is 2. The minimum Gasteiger partial charge on any atom is -0.480 e. The molecule has 2 N–H and O–H groups in total. The first-order valence-corrected chi connectivity index (χ1v) is 5.11. The first-order valence-electron chi connectivity index (χ1n) is 4.23. The molecule has 2 rings (SSSR count). The van der Waals surface area contributed by atoms with Gasteiger partial charge in [0.25, 0.3) is 5.91 Å². The van der Waals surface area contributed by atoms with Crippen molar-refractivity contribution in [3.05, 3.63) is 22.4 Å². The number of rotatable bonds is 3. The highest BCUT2D eigenvalue weighted by Gasteiger charge is 2.51. The smallest absolute Gasteiger partial charge is 0.329 e. The summed E-state index contributed by atoms with van der Waals surface area (Å²) in [5.74, 6) is -1.23. The first-order chi connectivity index (χ1) is 6.64. The Balaban J connectivity index is 2.06. The van der Waals surface area contributed by atoms with E-state index in [1.54, 1.807) is 17.5 Å². The van der Waals surface area contributed by atoms with E-state index in [4.69, 9.17) is 5.11 Å². The summed E-state index contributed by atoms with van der Waals surface area (Å²) in [5.41, 5.74) is -0.985. The Hall–Kier alpha value is -1.36. The molecule has 0 bridgehead atoms. The lowest BCUT2D eigenvalue weighted by Crippen LogP contribution is -2.42. The molecule has 74 valence electrons. The Morgan fingerprint density at radius 2 is 2.21 bits per heavy atom. The number of carboxylic acid groups (broad SMARTS) is 1. The molecule has 1 aromatic rings. The van der Waals surface area contributed by atoms with E-state index in [0.29, 0.717) is 17.7 Å². The molecule has 1 amide bonds. The van der Waals surface area contributed by atoms with Crippen molar-refractivity contribution in [1.29, 1.82) is 0 Å². The molecule has 1 aliphatic carbocycles. The van der Waals surface area contributed by atoms with Crippen LogP contribution in [-0.4, -0.2) is 22.5 Å². The van der Waals surface area contributed by atoms with Gasteiger partial charge in [-0.2, -0.15) is 0 Å². The lowest BCUT2D eigenvalue weighted by molar-refractivity contribution is -0.140. The predicted octanol–water partition coefficient (Wildman–Crippen LogP) is 1.10. The Morgan fingerprint density at radius 1 is 1.50 bits per heavy atom. The summed E-state index contributed by atoms with van der Waals surface area (Å²) in [5, 5.41) is 13.2. The summed E-state index contributed by atoms with van der Waals surface area (Å²) in [7, 11) is 0. The second kappa shape index (κ2) is 3.09. The van der Waals surface area contributed by atoms with Crippen LogP contribution in [0.1, 0.15) is 22.5 Å². The lowest BCUT2D eigenvalue weighted by Gasteiger charge is -2.10. The molecular formula is C9H9NO3S. The quantitative estimate of drug-likeness (QED) is 0.786. The van der Waals surface area contributed by atoms with Crippen molar-refractivity contribution in [3.63, 3.8) is 0 Å². The van der Waals surface area contributed by atoms with Crippen LogP contribution in [0, 0.1) is 0 Å². The molecule has 0 radical (unpaired) electrons. The number of nitrogens with one attached hydrogen (secondary N) is 1. The zero-order chi connectivity index (χ0) is 10.2. The summed E-state index contributed by atoms with van der Waals surface area (Å²) >= 11 is 1.31. The van der Waals surface area contributed by atoms with E-state index < -0.39 is 11.5 Å². The molecule has 1 fully saturated rings. The van der Waals surface area contributed by atoms with E-state index >= 15 is 0 Å². The van der Waals surface area contributed by atoms with Crippen LogP contribution in [-0.2, 0) is 4.79 Å². The van der Waals surface area contributed by atoms with Gasteiger partial charge in [0.05, 0.1) is 4.88 Å². The molecule has 14 heavy (non-hydrogen) atoms. The van der Waals surface area contributed by atoms with E-state index in [2.05, 4.69) is 5.32 Å². The fourth-order valence-corrected chi connectivity index (χ4v) is 1.82. The highest BCUT2D eigenvalue weighted by molar-refractivity contribution is 7.12. The van der Waals surface area contributed by atoms with Crippen molar-refractivity contribution in [2.24, 2.45) is 0 Å². The molecule has 0 atom stereocenters. The number of amides is 1. The standard InChI is InChI=1S/C9H9NO3S/c11-7(6-2-1-5-14-6)10-9(3-4-9)8(12)13/h1-2,5H,3-4H2,(H,10,11)(H,12,13). The number of aliphatic carboxylic acids is 1. The molecule has 1 saturated carbocycles. The van der Waals surface area contributed by atoms with Gasteiger partial charge in [-0.05, 0) is 24.3 Å². The molecular weight excluding hydrogens is 202 g/mol. The maximum Gasteiger partial charge on any atom is 0.329 e. The molecule has 1 aliphatic rings. The molecule has 1 heterocycles. The van der Waals surface area contributed by atoms with Crippen molar-refractivity contribution < 1.29 is 14.7 Å². The van der Waals surface area contributed by atoms with Crippen LogP contribution in [0.15, 0.2) is 17.5 Å². The largest absolute Gasteiger partial charge is 0.480 e. The molecule has 1 aromatic heterocycles. The number of thiophene rings is 1. The molecule has 5 heteroatoms. The molecule has 0 aromatic carbocycles. The van der Waals surface area contributed by atoms with Gasteiger partial charge in [-0.3, -0.25) is 4.79 Å². The number of carbonyl (C=O) groups is 2. The minimum atomic E-state index is -0.985. The molecule has 4 nitrogen and oxygen atoms in total. The zero-order valence-electron chi connectivity index (χ0n) is 7.32. The average molecular weight is 211 g/mol. The van der Waals surface area contributed by atoms with E-state index in [1.807, 2.05) is 0 Å². The molecule has 0 saturated heterocycles. The van der Waals surface area contributed by atoms with Crippen LogP contribution >= 0.6 is 11.3 Å². The normalized spacial score (nSPS) is 17.4. The third kappa shape index (κ3) is 1.50. The highest BCUT2D eigenvalue weighted by Crippen LogP contribution is 2.35. The number of hydrogen-bond acceptors (Lipinski definition) is 3. The van der Waals surface area contributed by atoms with Crippen LogP contribution in [0.2, 0.25) is 0 Å². The van der Waals surface area contributed by atoms with Crippen molar-refractivity contribution in [3.8, 4) is 0 Å². The third-order valence-electron chi connectivity index (χ3n) is 2.26. The van der Waals surface area contributed by atoms with Crippen LogP contribution in [0.4, 0.5) is 0 Å². The van der Waals surface area contributed by atoms with Gasteiger partial charge in [0.1, 0.15) is 5.54 Å². The van der Waals surface area contributed by atoms with Crippen molar-refractivity contribution in [2.45, 2.75) is 18.4 Å². The maximum absolute atomic E-state index is 11.5. The SMILES string of the molecule is O=C(NC1(C(=O)O)CC1)c1cccs1. The third-order valence-corrected chi connectivity index (χ3v) is 3.13. The van der Waals surface area contributed by atoms with Crippen molar-refractivity contribution in [2.75, 3.05) is 0 Å². The van der Waals surface area contributed by atoms with E-state index in [-0.39, 0.29) is 5.91 Å². The molecule has 0 spiro atoms. The number of carboxylic acids is 1. The topological polar surface area (TPSA) is 66.4 Å². The molecule has 0 aliphatic heterocycles. The van der Waals surface area contributed by atoms with Gasteiger partial charge in [0, 0.05) is 0 Å². The Labute approximate surface area is 84.6 Å². The fourth-order valence-electron chi connectivity index (χ4n) is 1.20. The Bertz CT molecular complexity index is 367. The first kappa shape index (κ1) is 9.21. The fraction of sp³-hybridized carbons (Fsp3) is 0.333. The summed E-state index contributed by atoms with van der Waals surface area (Å²) < 4.78 is 0. The molecule has 0 unspecified atom stereocenters. The van der Waals surface area contributed by atoms with Gasteiger partial charge in [-0.25, -0.2) is 4.79 Å². The van der Waals surface area contributed by atoms with Crippen LogP contribution in [0.25, 0.3) is 0 Å². The maximum atomic E-state index is 11.5. The lowest BCUT2D eigenvalue weighted by atomic mass is 10.2. The van der Waals surface area contributed by atoms with E-state index in [9.17, 15) is 9.59 Å². The van der Waals surface area contributed by atoms with Gasteiger partial charge >= 0.3 is 5.97 Å². The second-order valence-electron chi connectivity index (χ2n) is 3.32. The zero-order valence-corrected chi connectivity index (χ0v) is 8.13. The van der Waals surface area contributed by atoms with E-state index in [1.165, 1.54) is 11.3 Å². The van der Waals surface area contributed by atoms with Crippen molar-refractivity contribution >= 4 is 23.2 Å². The summed E-state index contributed by atoms with van der Waals surface area (Å²) in [6, 6.07) is 3.44. The van der Waals surface area contributed by atoms with Crippen LogP contribution in [0.3, 0.4) is 0 Å². The monoisotopic (exact) mass is 211 g/mol. The summed E-state index contributed by atoms with van der Waals surface area (Å²) in [4.78, 5) is 22.8. The number of carbonyl (C=O) groups excluding carboxylic acids is 1. The average Bonchev–Trinajstić information content (AvgIpc) is 2.74. The minimum absolute atomic E-state index is 0.292. The van der Waals surface area contributed by atoms with Crippen LogP contribution in [0.5, 0.6) is 0 Å². The van der Waals surface area contributed by atoms with Gasteiger partial charge in [-0.15, -0.1) is 11.3 Å². The summed E-state index contributed by atoms with van der Waals surface area (Å²) in [6.45, 7) is 0. The summed E-state index contributed by atoms with van der Waals surface area (Å²) in [6.07, 6.45) is 1.05. The van der Waals surface area contributed by atoms with Gasteiger partial charge < -0.3 is 10.4 Å². The van der Waals surface area contributed by atoms with Gasteiger partial charge in [0.15, 0.2) is 0 Å². The van der Waals surface area contributed by atoms with Crippen molar-refractivity contribution in [1.82, 2.24) is 5.32 Å².